The molecule has 1 aliphatic carbocycles. The number of hydrogen-bond acceptors (Lipinski definition) is 3. The Morgan fingerprint density at radius 1 is 1.53 bits per heavy atom. The summed E-state index contributed by atoms with van der Waals surface area (Å²) in [5.74, 6) is 0.570. The van der Waals surface area contributed by atoms with Crippen LogP contribution in [0.1, 0.15) is 29.9 Å². The van der Waals surface area contributed by atoms with Crippen molar-refractivity contribution in [3.05, 3.63) is 28.3 Å². The minimum absolute atomic E-state index is 0. The Hall–Kier alpha value is -0.140. The summed E-state index contributed by atoms with van der Waals surface area (Å²) in [4.78, 5) is 0. The molecule has 0 saturated carbocycles. The number of benzene rings is 1. The Labute approximate surface area is 140 Å². The van der Waals surface area contributed by atoms with E-state index < -0.39 is 0 Å². The van der Waals surface area contributed by atoms with Crippen LogP contribution in [0.15, 0.2) is 17.2 Å². The SMILES string of the molecule is CSC(N)=NN1CC2CCCc3c(Cl)ccc1c32.I. The van der Waals surface area contributed by atoms with Gasteiger partial charge >= 0.3 is 0 Å². The number of hydrazone groups is 1. The zero-order chi connectivity index (χ0) is 12.7. The van der Waals surface area contributed by atoms with E-state index in [0.29, 0.717) is 11.1 Å². The average Bonchev–Trinajstić information content (AvgIpc) is 2.73. The van der Waals surface area contributed by atoms with E-state index >= 15 is 0 Å². The summed E-state index contributed by atoms with van der Waals surface area (Å²) in [6, 6.07) is 4.06. The molecular formula is C13H17ClIN3S. The van der Waals surface area contributed by atoms with Crippen LogP contribution in [0.25, 0.3) is 0 Å². The highest BCUT2D eigenvalue weighted by atomic mass is 127. The summed E-state index contributed by atoms with van der Waals surface area (Å²) in [5.41, 5.74) is 9.75. The third kappa shape index (κ3) is 2.69. The zero-order valence-corrected chi connectivity index (χ0v) is 14.6. The molecule has 0 saturated heterocycles. The van der Waals surface area contributed by atoms with Gasteiger partial charge in [0.2, 0.25) is 0 Å². The summed E-state index contributed by atoms with van der Waals surface area (Å²) in [7, 11) is 0. The van der Waals surface area contributed by atoms with Crippen LogP contribution in [-0.2, 0) is 6.42 Å². The minimum Gasteiger partial charge on any atom is -0.377 e. The van der Waals surface area contributed by atoms with Crippen molar-refractivity contribution < 1.29 is 0 Å². The molecule has 104 valence electrons. The van der Waals surface area contributed by atoms with Gasteiger partial charge in [-0.25, -0.2) is 0 Å². The van der Waals surface area contributed by atoms with E-state index in [1.807, 2.05) is 17.3 Å². The van der Waals surface area contributed by atoms with Crippen molar-refractivity contribution in [1.82, 2.24) is 0 Å². The van der Waals surface area contributed by atoms with Gasteiger partial charge in [0.25, 0.3) is 0 Å². The van der Waals surface area contributed by atoms with Crippen molar-refractivity contribution in [2.24, 2.45) is 10.8 Å². The van der Waals surface area contributed by atoms with Crippen molar-refractivity contribution >= 4 is 58.2 Å². The standard InChI is InChI=1S/C13H16ClN3S.HI/c1-18-13(15)16-17-7-8-3-2-4-9-10(14)5-6-11(17)12(8)9;/h5-6,8H,2-4,7H2,1H3,(H2,15,16);1H. The lowest BCUT2D eigenvalue weighted by atomic mass is 9.84. The van der Waals surface area contributed by atoms with Crippen molar-refractivity contribution in [2.75, 3.05) is 17.8 Å². The lowest BCUT2D eigenvalue weighted by Crippen LogP contribution is -2.20. The maximum absolute atomic E-state index is 6.30. The van der Waals surface area contributed by atoms with E-state index in [1.165, 1.54) is 41.4 Å². The van der Waals surface area contributed by atoms with Gasteiger partial charge in [-0.2, -0.15) is 0 Å². The molecule has 1 aliphatic heterocycles. The van der Waals surface area contributed by atoms with Gasteiger partial charge in [0, 0.05) is 17.5 Å². The van der Waals surface area contributed by atoms with Crippen LogP contribution in [-0.4, -0.2) is 18.0 Å². The van der Waals surface area contributed by atoms with Crippen LogP contribution >= 0.6 is 47.3 Å². The number of nitrogens with two attached hydrogens (primary N) is 1. The molecule has 3 rings (SSSR count). The Morgan fingerprint density at radius 3 is 3.05 bits per heavy atom. The van der Waals surface area contributed by atoms with E-state index in [0.717, 1.165) is 18.0 Å². The summed E-state index contributed by atoms with van der Waals surface area (Å²) in [6.45, 7) is 0.934. The van der Waals surface area contributed by atoms with Gasteiger partial charge in [-0.05, 0) is 48.8 Å². The highest BCUT2D eigenvalue weighted by Crippen LogP contribution is 2.46. The first-order chi connectivity index (χ1) is 8.70. The Morgan fingerprint density at radius 2 is 2.32 bits per heavy atom. The zero-order valence-electron chi connectivity index (χ0n) is 10.7. The highest BCUT2D eigenvalue weighted by molar-refractivity contribution is 14.0. The number of amidine groups is 1. The van der Waals surface area contributed by atoms with E-state index in [1.54, 1.807) is 0 Å². The molecule has 0 amide bonds. The van der Waals surface area contributed by atoms with Gasteiger partial charge in [0.15, 0.2) is 5.17 Å². The monoisotopic (exact) mass is 409 g/mol. The molecule has 1 atom stereocenters. The third-order valence-electron chi connectivity index (χ3n) is 3.76. The molecule has 1 heterocycles. The Bertz CT molecular complexity index is 521. The first-order valence-electron chi connectivity index (χ1n) is 6.17. The van der Waals surface area contributed by atoms with Gasteiger partial charge < -0.3 is 5.73 Å². The molecule has 0 radical (unpaired) electrons. The minimum atomic E-state index is 0. The summed E-state index contributed by atoms with van der Waals surface area (Å²) in [5, 5.41) is 8.03. The predicted molar refractivity (Wildman–Crippen MR) is 95.0 cm³/mol. The topological polar surface area (TPSA) is 41.6 Å². The summed E-state index contributed by atoms with van der Waals surface area (Å²) in [6.07, 6.45) is 5.48. The fourth-order valence-electron chi connectivity index (χ4n) is 2.97. The van der Waals surface area contributed by atoms with Crippen LogP contribution in [0.5, 0.6) is 0 Å². The Balaban J connectivity index is 0.00000133. The maximum atomic E-state index is 6.30. The number of hydrogen-bond donors (Lipinski definition) is 1. The van der Waals surface area contributed by atoms with Gasteiger partial charge in [-0.3, -0.25) is 5.01 Å². The second kappa shape index (κ2) is 6.10. The Kier molecular flexibility index (Phi) is 4.89. The molecule has 19 heavy (non-hydrogen) atoms. The van der Waals surface area contributed by atoms with E-state index in [9.17, 15) is 0 Å². The molecule has 1 unspecified atom stereocenters. The molecule has 3 nitrogen and oxygen atoms in total. The first-order valence-corrected chi connectivity index (χ1v) is 7.78. The smallest absolute Gasteiger partial charge is 0.178 e. The quantitative estimate of drug-likeness (QED) is 0.436. The average molecular weight is 410 g/mol. The molecule has 2 aliphatic rings. The molecular weight excluding hydrogens is 393 g/mol. The van der Waals surface area contributed by atoms with Gasteiger partial charge in [-0.15, -0.1) is 29.1 Å². The molecule has 1 aromatic rings. The van der Waals surface area contributed by atoms with Crippen molar-refractivity contribution in [2.45, 2.75) is 25.2 Å². The highest BCUT2D eigenvalue weighted by Gasteiger charge is 2.34. The van der Waals surface area contributed by atoms with E-state index in [4.69, 9.17) is 17.3 Å². The number of halogens is 2. The first kappa shape index (κ1) is 15.3. The van der Waals surface area contributed by atoms with Gasteiger partial charge in [0.05, 0.1) is 5.69 Å². The molecule has 6 heteroatoms. The fraction of sp³-hybridized carbons (Fsp3) is 0.462. The molecule has 0 fully saturated rings. The second-order valence-corrected chi connectivity index (χ2v) is 6.01. The van der Waals surface area contributed by atoms with Crippen LogP contribution in [0.4, 0.5) is 5.69 Å². The lowest BCUT2D eigenvalue weighted by molar-refractivity contribution is 0.576. The van der Waals surface area contributed by atoms with Crippen molar-refractivity contribution in [3.8, 4) is 0 Å². The predicted octanol–water partition coefficient (Wildman–Crippen LogP) is 3.79. The number of rotatable bonds is 1. The number of nitrogens with zero attached hydrogens (tertiary/aromatic N) is 2. The summed E-state index contributed by atoms with van der Waals surface area (Å²) < 4.78 is 0. The van der Waals surface area contributed by atoms with Crippen molar-refractivity contribution in [3.63, 3.8) is 0 Å². The molecule has 0 spiro atoms. The molecule has 2 N–H and O–H groups in total. The van der Waals surface area contributed by atoms with E-state index in [-0.39, 0.29) is 24.0 Å². The fourth-order valence-corrected chi connectivity index (χ4v) is 3.41. The van der Waals surface area contributed by atoms with Crippen LogP contribution in [0.3, 0.4) is 0 Å². The second-order valence-electron chi connectivity index (χ2n) is 4.77. The number of anilines is 1. The van der Waals surface area contributed by atoms with Crippen LogP contribution in [0.2, 0.25) is 5.02 Å². The van der Waals surface area contributed by atoms with Crippen LogP contribution < -0.4 is 10.7 Å². The molecule has 0 bridgehead atoms. The number of thioether (sulfide) groups is 1. The maximum Gasteiger partial charge on any atom is 0.178 e. The van der Waals surface area contributed by atoms with Gasteiger partial charge in [0.1, 0.15) is 0 Å². The summed E-state index contributed by atoms with van der Waals surface area (Å²) >= 11 is 7.78. The molecule has 0 aromatic heterocycles. The van der Waals surface area contributed by atoms with Crippen LogP contribution in [0, 0.1) is 0 Å². The van der Waals surface area contributed by atoms with E-state index in [2.05, 4.69) is 11.2 Å². The lowest BCUT2D eigenvalue weighted by Gasteiger charge is -2.20. The molecule has 1 aromatic carbocycles. The largest absolute Gasteiger partial charge is 0.377 e. The third-order valence-corrected chi connectivity index (χ3v) is 4.62. The van der Waals surface area contributed by atoms with Gasteiger partial charge in [-0.1, -0.05) is 23.4 Å². The normalized spacial score (nSPS) is 21.1. The van der Waals surface area contributed by atoms with Crippen molar-refractivity contribution in [1.29, 1.82) is 0 Å².